The van der Waals surface area contributed by atoms with Crippen LogP contribution in [-0.4, -0.2) is 13.1 Å². The van der Waals surface area contributed by atoms with Gasteiger partial charge in [-0.15, -0.1) is 11.3 Å². The zero-order chi connectivity index (χ0) is 7.23. The van der Waals surface area contributed by atoms with Gasteiger partial charge in [0.05, 0.1) is 0 Å². The molecule has 10 heavy (non-hydrogen) atoms. The van der Waals surface area contributed by atoms with Crippen LogP contribution in [0.4, 0.5) is 0 Å². The van der Waals surface area contributed by atoms with Gasteiger partial charge in [-0.3, -0.25) is 0 Å². The molecule has 0 aliphatic heterocycles. The van der Waals surface area contributed by atoms with Gasteiger partial charge in [0.25, 0.3) is 0 Å². The minimum absolute atomic E-state index is 0.575. The molecule has 2 radical (unpaired) electrons. The first kappa shape index (κ1) is 7.76. The molecular formula is C8H11NS. The van der Waals surface area contributed by atoms with E-state index in [0.29, 0.717) is 6.54 Å². The third-order valence-electron chi connectivity index (χ3n) is 1.27. The van der Waals surface area contributed by atoms with Gasteiger partial charge in [0.1, 0.15) is 0 Å². The van der Waals surface area contributed by atoms with Gasteiger partial charge in [0, 0.05) is 4.88 Å². The molecule has 1 aromatic rings. The van der Waals surface area contributed by atoms with Crippen LogP contribution >= 0.6 is 11.3 Å². The van der Waals surface area contributed by atoms with Crippen molar-refractivity contribution in [3.05, 3.63) is 29.3 Å². The molecule has 0 saturated heterocycles. The maximum Gasteiger partial charge on any atom is 0.00578 e. The Morgan fingerprint density at radius 3 is 3.10 bits per heavy atom. The van der Waals surface area contributed by atoms with E-state index in [9.17, 15) is 0 Å². The molecule has 0 amide bonds. The number of nitrogens with one attached hydrogen (secondary N) is 1. The second-order valence-corrected chi connectivity index (χ2v) is 3.07. The smallest absolute Gasteiger partial charge is 0.00578 e. The van der Waals surface area contributed by atoms with E-state index >= 15 is 0 Å². The lowest BCUT2D eigenvalue weighted by Crippen LogP contribution is -2.15. The largest absolute Gasteiger partial charge is 0.316 e. The van der Waals surface area contributed by atoms with Crippen LogP contribution in [0.1, 0.15) is 4.88 Å². The van der Waals surface area contributed by atoms with Crippen LogP contribution in [0, 0.1) is 6.92 Å². The molecule has 0 bridgehead atoms. The topological polar surface area (TPSA) is 12.0 Å². The van der Waals surface area contributed by atoms with Gasteiger partial charge >= 0.3 is 0 Å². The predicted octanol–water partition coefficient (Wildman–Crippen LogP) is 1.59. The fourth-order valence-electron chi connectivity index (χ4n) is 0.768. The molecule has 0 saturated carbocycles. The molecule has 0 spiro atoms. The first-order valence-electron chi connectivity index (χ1n) is 3.36. The summed E-state index contributed by atoms with van der Waals surface area (Å²) in [4.78, 5) is 1.42. The number of hydrogen-bond donors (Lipinski definition) is 1. The van der Waals surface area contributed by atoms with E-state index in [1.54, 1.807) is 11.3 Å². The normalized spacial score (nSPS) is 10.1. The fourth-order valence-corrected chi connectivity index (χ4v) is 1.48. The van der Waals surface area contributed by atoms with Crippen molar-refractivity contribution >= 4 is 11.3 Å². The first-order chi connectivity index (χ1) is 4.93. The molecule has 1 heterocycles. The second kappa shape index (κ2) is 4.47. The molecule has 1 N–H and O–H groups in total. The zero-order valence-electron chi connectivity index (χ0n) is 5.84. The van der Waals surface area contributed by atoms with Crippen molar-refractivity contribution < 1.29 is 0 Å². The van der Waals surface area contributed by atoms with Crippen molar-refractivity contribution in [1.82, 2.24) is 5.32 Å². The van der Waals surface area contributed by atoms with Crippen LogP contribution in [0.2, 0.25) is 0 Å². The molecule has 0 atom stereocenters. The molecule has 0 aliphatic carbocycles. The maximum absolute atomic E-state index is 5.26. The van der Waals surface area contributed by atoms with E-state index in [4.69, 9.17) is 6.92 Å². The van der Waals surface area contributed by atoms with E-state index in [1.807, 2.05) is 0 Å². The highest BCUT2D eigenvalue weighted by Gasteiger charge is 1.90. The molecule has 0 fully saturated rings. The van der Waals surface area contributed by atoms with Crippen LogP contribution in [0.5, 0.6) is 0 Å². The van der Waals surface area contributed by atoms with Gasteiger partial charge in [-0.25, -0.2) is 0 Å². The Morgan fingerprint density at radius 1 is 1.60 bits per heavy atom. The van der Waals surface area contributed by atoms with Gasteiger partial charge < -0.3 is 5.32 Å². The highest BCUT2D eigenvalue weighted by molar-refractivity contribution is 7.09. The lowest BCUT2D eigenvalue weighted by Gasteiger charge is -1.96. The average Bonchev–Trinajstić information content (AvgIpc) is 2.41. The van der Waals surface area contributed by atoms with E-state index in [-0.39, 0.29) is 0 Å². The lowest BCUT2D eigenvalue weighted by molar-refractivity contribution is 0.748. The summed E-state index contributed by atoms with van der Waals surface area (Å²) in [5.74, 6) is 0. The lowest BCUT2D eigenvalue weighted by atomic mass is 10.3. The number of hydrogen-bond acceptors (Lipinski definition) is 2. The highest BCUT2D eigenvalue weighted by atomic mass is 32.1. The van der Waals surface area contributed by atoms with Crippen LogP contribution in [0.15, 0.2) is 17.5 Å². The van der Waals surface area contributed by atoms with Crippen molar-refractivity contribution in [3.63, 3.8) is 0 Å². The maximum atomic E-state index is 5.26. The summed E-state index contributed by atoms with van der Waals surface area (Å²) < 4.78 is 0. The van der Waals surface area contributed by atoms with Crippen LogP contribution in [0.25, 0.3) is 0 Å². The van der Waals surface area contributed by atoms with Crippen molar-refractivity contribution in [1.29, 1.82) is 0 Å². The van der Waals surface area contributed by atoms with Crippen molar-refractivity contribution in [2.24, 2.45) is 0 Å². The molecular weight excluding hydrogens is 142 g/mol. The summed E-state index contributed by atoms with van der Waals surface area (Å²) in [7, 11) is 0. The summed E-state index contributed by atoms with van der Waals surface area (Å²) in [6.07, 6.45) is 1.09. The molecule has 2 heteroatoms. The van der Waals surface area contributed by atoms with E-state index < -0.39 is 0 Å². The minimum atomic E-state index is 0.575. The fraction of sp³-hybridized carbons (Fsp3) is 0.375. The van der Waals surface area contributed by atoms with Crippen LogP contribution in [0.3, 0.4) is 0 Å². The van der Waals surface area contributed by atoms with Gasteiger partial charge in [-0.05, 0) is 37.9 Å². The Labute approximate surface area is 66.1 Å². The molecule has 1 aromatic heterocycles. The summed E-state index contributed by atoms with van der Waals surface area (Å²) in [6, 6.07) is 4.21. The monoisotopic (exact) mass is 153 g/mol. The molecule has 54 valence electrons. The summed E-state index contributed by atoms with van der Waals surface area (Å²) in [5, 5.41) is 5.17. The van der Waals surface area contributed by atoms with Crippen molar-refractivity contribution in [2.45, 2.75) is 6.42 Å². The average molecular weight is 153 g/mol. The minimum Gasteiger partial charge on any atom is -0.316 e. The van der Waals surface area contributed by atoms with Crippen molar-refractivity contribution in [3.8, 4) is 0 Å². The number of thiophene rings is 1. The summed E-state index contributed by atoms with van der Waals surface area (Å²) in [5.41, 5.74) is 0. The zero-order valence-corrected chi connectivity index (χ0v) is 6.66. The third-order valence-corrected chi connectivity index (χ3v) is 2.21. The van der Waals surface area contributed by atoms with Crippen LogP contribution in [-0.2, 0) is 6.42 Å². The van der Waals surface area contributed by atoms with Gasteiger partial charge in [-0.2, -0.15) is 0 Å². The Balaban J connectivity index is 2.15. The number of rotatable bonds is 4. The standard InChI is InChI=1S/C8H11NS/c1-2-9-6-5-8-4-3-7-10-8/h1,3-4,7,9H,2,5-6H2. The van der Waals surface area contributed by atoms with Crippen molar-refractivity contribution in [2.75, 3.05) is 13.1 Å². The first-order valence-corrected chi connectivity index (χ1v) is 4.24. The SMILES string of the molecule is [CH]CNCCc1cccs1. The molecule has 0 aliphatic rings. The van der Waals surface area contributed by atoms with Gasteiger partial charge in [-0.1, -0.05) is 6.07 Å². The van der Waals surface area contributed by atoms with E-state index in [2.05, 4.69) is 22.8 Å². The van der Waals surface area contributed by atoms with Gasteiger partial charge in [0.15, 0.2) is 0 Å². The Morgan fingerprint density at radius 2 is 2.50 bits per heavy atom. The molecule has 1 rings (SSSR count). The van der Waals surface area contributed by atoms with E-state index in [0.717, 1.165) is 13.0 Å². The molecule has 0 unspecified atom stereocenters. The van der Waals surface area contributed by atoms with Crippen LogP contribution < -0.4 is 5.32 Å². The molecule has 0 aromatic carbocycles. The Bertz CT molecular complexity index is 158. The van der Waals surface area contributed by atoms with E-state index in [1.165, 1.54) is 4.88 Å². The highest BCUT2D eigenvalue weighted by Crippen LogP contribution is 2.07. The quantitative estimate of drug-likeness (QED) is 0.648. The molecule has 1 nitrogen and oxygen atoms in total. The third kappa shape index (κ3) is 2.50. The predicted molar refractivity (Wildman–Crippen MR) is 45.2 cm³/mol. The Kier molecular flexibility index (Phi) is 3.47. The summed E-state index contributed by atoms with van der Waals surface area (Å²) >= 11 is 1.79. The Hall–Kier alpha value is -0.340. The second-order valence-electron chi connectivity index (χ2n) is 2.03. The summed E-state index contributed by atoms with van der Waals surface area (Å²) in [6.45, 7) is 6.82. The van der Waals surface area contributed by atoms with Gasteiger partial charge in [0.2, 0.25) is 0 Å².